The molecule has 0 aromatic heterocycles. The first-order valence-electron chi connectivity index (χ1n) is 6.04. The lowest BCUT2D eigenvalue weighted by Gasteiger charge is -2.36. The lowest BCUT2D eigenvalue weighted by molar-refractivity contribution is 0.107. The van der Waals surface area contributed by atoms with Crippen molar-refractivity contribution in [1.29, 1.82) is 0 Å². The van der Waals surface area contributed by atoms with Gasteiger partial charge in [0, 0.05) is 53.9 Å². The normalized spacial score (nSPS) is 15.7. The van der Waals surface area contributed by atoms with Crippen molar-refractivity contribution in [2.24, 2.45) is 0 Å². The van der Waals surface area contributed by atoms with Gasteiger partial charge in [0.25, 0.3) is 0 Å². The van der Waals surface area contributed by atoms with Crippen LogP contribution in [-0.2, 0) is 0 Å². The maximum absolute atomic E-state index is 12.0. The molecule has 1 N–H and O–H groups in total. The number of hydrogen-bond acceptors (Lipinski definition) is 4. The number of β-amino-alcohol motifs (C(OH)–C–C–N with tert-alkyl or cyclic N) is 1. The fourth-order valence-corrected chi connectivity index (χ4v) is 1.90. The number of nitrogens with zero attached hydrogens (tertiary/aromatic N) is 4. The highest BCUT2D eigenvalue weighted by atomic mass is 35.5. The predicted molar refractivity (Wildman–Crippen MR) is 74.6 cm³/mol. The summed E-state index contributed by atoms with van der Waals surface area (Å²) < 4.78 is 0. The van der Waals surface area contributed by atoms with Crippen LogP contribution in [0.15, 0.2) is 0 Å². The van der Waals surface area contributed by atoms with Crippen LogP contribution in [0, 0.1) is 0 Å². The van der Waals surface area contributed by atoms with Gasteiger partial charge in [0.05, 0.1) is 6.61 Å². The third-order valence-corrected chi connectivity index (χ3v) is 3.02. The van der Waals surface area contributed by atoms with E-state index in [1.165, 1.54) is 11.9 Å². The van der Waals surface area contributed by atoms with Crippen molar-refractivity contribution in [1.82, 2.24) is 19.6 Å². The van der Waals surface area contributed by atoms with Crippen LogP contribution in [0.25, 0.3) is 0 Å². The number of piperazine rings is 1. The van der Waals surface area contributed by atoms with E-state index in [0.717, 1.165) is 18.0 Å². The molecular weight excluding hydrogens is 272 g/mol. The van der Waals surface area contributed by atoms with Gasteiger partial charge in [-0.25, -0.2) is 14.5 Å². The van der Waals surface area contributed by atoms with Gasteiger partial charge in [0.15, 0.2) is 0 Å². The van der Waals surface area contributed by atoms with Gasteiger partial charge in [-0.05, 0) is 0 Å². The van der Waals surface area contributed by atoms with Gasteiger partial charge < -0.3 is 14.9 Å². The molecule has 1 fully saturated rings. The Balaban J connectivity index is 0.00000324. The molecule has 0 atom stereocenters. The molecule has 8 heteroatoms. The van der Waals surface area contributed by atoms with Crippen molar-refractivity contribution in [3.8, 4) is 0 Å². The molecule has 0 aromatic rings. The van der Waals surface area contributed by atoms with E-state index in [9.17, 15) is 9.59 Å². The Labute approximate surface area is 120 Å². The Hall–Kier alpha value is -1.05. The van der Waals surface area contributed by atoms with Crippen LogP contribution in [0.2, 0.25) is 0 Å². The molecule has 1 aliphatic heterocycles. The van der Waals surface area contributed by atoms with Crippen LogP contribution in [0.4, 0.5) is 9.59 Å². The number of hydrogen-bond donors (Lipinski definition) is 1. The van der Waals surface area contributed by atoms with E-state index in [2.05, 4.69) is 4.90 Å². The largest absolute Gasteiger partial charge is 0.395 e. The summed E-state index contributed by atoms with van der Waals surface area (Å²) in [4.78, 5) is 30.0. The van der Waals surface area contributed by atoms with Crippen molar-refractivity contribution in [2.45, 2.75) is 0 Å². The van der Waals surface area contributed by atoms with E-state index in [1.807, 2.05) is 0 Å². The third kappa shape index (κ3) is 4.85. The van der Waals surface area contributed by atoms with E-state index in [1.54, 1.807) is 19.0 Å². The van der Waals surface area contributed by atoms with Crippen LogP contribution in [0.3, 0.4) is 0 Å². The Morgan fingerprint density at radius 2 is 1.63 bits per heavy atom. The second kappa shape index (κ2) is 8.19. The molecule has 19 heavy (non-hydrogen) atoms. The van der Waals surface area contributed by atoms with Crippen LogP contribution in [0.1, 0.15) is 0 Å². The molecule has 112 valence electrons. The number of carbonyl (C=O) groups excluding carboxylic acids is 2. The molecular formula is C11H23ClN4O3. The first kappa shape index (κ1) is 17.9. The highest BCUT2D eigenvalue weighted by molar-refractivity contribution is 5.93. The molecule has 1 heterocycles. The van der Waals surface area contributed by atoms with Gasteiger partial charge in [-0.2, -0.15) is 0 Å². The zero-order chi connectivity index (χ0) is 13.7. The molecule has 0 spiro atoms. The third-order valence-electron chi connectivity index (χ3n) is 3.02. The second-order valence-corrected chi connectivity index (χ2v) is 4.57. The predicted octanol–water partition coefficient (Wildman–Crippen LogP) is -0.248. The van der Waals surface area contributed by atoms with Crippen molar-refractivity contribution in [2.75, 3.05) is 60.5 Å². The lowest BCUT2D eigenvalue weighted by Crippen LogP contribution is -2.54. The smallest absolute Gasteiger partial charge is 0.327 e. The monoisotopic (exact) mass is 294 g/mol. The van der Waals surface area contributed by atoms with Crippen LogP contribution in [-0.4, -0.2) is 97.2 Å². The van der Waals surface area contributed by atoms with E-state index in [0.29, 0.717) is 19.6 Å². The summed E-state index contributed by atoms with van der Waals surface area (Å²) >= 11 is 0. The SMILES string of the molecule is CN(C)C(=O)N(C)C(=O)N1CCN(CCO)CC1.Cl. The Morgan fingerprint density at radius 3 is 2.05 bits per heavy atom. The fourth-order valence-electron chi connectivity index (χ4n) is 1.90. The zero-order valence-electron chi connectivity index (χ0n) is 11.7. The molecule has 0 aliphatic carbocycles. The Bertz CT molecular complexity index is 306. The number of urea groups is 2. The van der Waals surface area contributed by atoms with E-state index < -0.39 is 0 Å². The Kier molecular flexibility index (Phi) is 7.73. The summed E-state index contributed by atoms with van der Waals surface area (Å²) in [5.74, 6) is 0. The molecule has 0 saturated carbocycles. The summed E-state index contributed by atoms with van der Waals surface area (Å²) in [5, 5.41) is 8.84. The highest BCUT2D eigenvalue weighted by Gasteiger charge is 2.26. The lowest BCUT2D eigenvalue weighted by atomic mass is 10.3. The number of imide groups is 1. The summed E-state index contributed by atoms with van der Waals surface area (Å²) in [6.45, 7) is 3.40. The first-order valence-corrected chi connectivity index (χ1v) is 6.04. The minimum atomic E-state index is -0.321. The van der Waals surface area contributed by atoms with E-state index in [-0.39, 0.29) is 31.1 Å². The highest BCUT2D eigenvalue weighted by Crippen LogP contribution is 2.05. The topological polar surface area (TPSA) is 67.3 Å². The second-order valence-electron chi connectivity index (χ2n) is 4.57. The van der Waals surface area contributed by atoms with E-state index >= 15 is 0 Å². The average molecular weight is 295 g/mol. The standard InChI is InChI=1S/C11H22N4O3.ClH/c1-12(2)10(17)13(3)11(18)15-6-4-14(5-7-15)8-9-16;/h16H,4-9H2,1-3H3;1H. The van der Waals surface area contributed by atoms with Gasteiger partial charge in [0.1, 0.15) is 0 Å². The number of aliphatic hydroxyl groups is 1. The summed E-state index contributed by atoms with van der Waals surface area (Å²) in [6.07, 6.45) is 0. The van der Waals surface area contributed by atoms with Crippen molar-refractivity contribution in [3.05, 3.63) is 0 Å². The van der Waals surface area contributed by atoms with Crippen LogP contribution in [0.5, 0.6) is 0 Å². The first-order chi connectivity index (χ1) is 8.47. The summed E-state index contributed by atoms with van der Waals surface area (Å²) in [7, 11) is 4.72. The van der Waals surface area contributed by atoms with Gasteiger partial charge in [0.2, 0.25) is 0 Å². The molecule has 0 radical (unpaired) electrons. The van der Waals surface area contributed by atoms with E-state index in [4.69, 9.17) is 5.11 Å². The molecule has 4 amide bonds. The molecule has 1 aliphatic rings. The fraction of sp³-hybridized carbons (Fsp3) is 0.818. The molecule has 0 unspecified atom stereocenters. The quantitative estimate of drug-likeness (QED) is 0.763. The van der Waals surface area contributed by atoms with Gasteiger partial charge >= 0.3 is 12.1 Å². The van der Waals surface area contributed by atoms with Crippen molar-refractivity contribution in [3.63, 3.8) is 0 Å². The molecule has 0 bridgehead atoms. The number of carbonyl (C=O) groups is 2. The number of halogens is 1. The summed E-state index contributed by atoms with van der Waals surface area (Å²) in [6, 6.07) is -0.588. The number of aliphatic hydroxyl groups excluding tert-OH is 1. The van der Waals surface area contributed by atoms with Crippen LogP contribution < -0.4 is 0 Å². The maximum atomic E-state index is 12.0. The minimum absolute atomic E-state index is 0. The van der Waals surface area contributed by atoms with Crippen molar-refractivity contribution < 1.29 is 14.7 Å². The zero-order valence-corrected chi connectivity index (χ0v) is 12.5. The summed E-state index contributed by atoms with van der Waals surface area (Å²) in [5.41, 5.74) is 0. The maximum Gasteiger partial charge on any atom is 0.327 e. The minimum Gasteiger partial charge on any atom is -0.395 e. The average Bonchev–Trinajstić information content (AvgIpc) is 2.37. The van der Waals surface area contributed by atoms with Crippen molar-refractivity contribution >= 4 is 24.5 Å². The molecule has 7 nitrogen and oxygen atoms in total. The van der Waals surface area contributed by atoms with Gasteiger partial charge in [-0.15, -0.1) is 12.4 Å². The molecule has 0 aromatic carbocycles. The Morgan fingerprint density at radius 1 is 1.11 bits per heavy atom. The number of rotatable bonds is 2. The molecule has 1 rings (SSSR count). The molecule has 1 saturated heterocycles. The van der Waals surface area contributed by atoms with Gasteiger partial charge in [-0.3, -0.25) is 4.90 Å². The van der Waals surface area contributed by atoms with Gasteiger partial charge in [-0.1, -0.05) is 0 Å². The van der Waals surface area contributed by atoms with Crippen LogP contribution >= 0.6 is 12.4 Å². The number of amides is 4.